The zero-order valence-corrected chi connectivity index (χ0v) is 10.4. The predicted molar refractivity (Wildman–Crippen MR) is 66.2 cm³/mol. The Labute approximate surface area is 107 Å². The van der Waals surface area contributed by atoms with Gasteiger partial charge in [-0.3, -0.25) is 0 Å². The number of nitrogens with zero attached hydrogens (tertiary/aromatic N) is 2. The molecule has 1 aromatic heterocycles. The minimum Gasteiger partial charge on any atom is -0.412 e. The summed E-state index contributed by atoms with van der Waals surface area (Å²) in [6, 6.07) is 5.36. The minimum atomic E-state index is 0. The molecule has 2 N–H and O–H groups in total. The Hall–Kier alpha value is -0.390. The Bertz CT molecular complexity index is 402. The largest absolute Gasteiger partial charge is 0.412 e. The van der Waals surface area contributed by atoms with Gasteiger partial charge in [0.15, 0.2) is 5.01 Å². The normalized spacial score (nSPS) is 8.93. The topological polar surface area (TPSA) is 57.3 Å². The van der Waals surface area contributed by atoms with E-state index in [1.807, 2.05) is 0 Å². The average molecular weight is 286 g/mol. The van der Waals surface area contributed by atoms with Crippen molar-refractivity contribution in [3.63, 3.8) is 0 Å². The fraction of sp³-hybridized carbons (Fsp3) is 0. The van der Waals surface area contributed by atoms with Crippen LogP contribution >= 0.6 is 46.9 Å². The molecule has 0 saturated heterocycles. The fourth-order valence-corrected chi connectivity index (χ4v) is 2.30. The standard InChI is InChI=1S/C8H4Cl2N2S.ClH.H2O/c9-5-2-1-3-6(10)7(5)8-12-11-4-13-8;;/h1-4H;1H;1H2. The molecule has 1 heterocycles. The maximum Gasteiger partial charge on any atom is 0.150 e. The van der Waals surface area contributed by atoms with E-state index in [-0.39, 0.29) is 17.9 Å². The predicted octanol–water partition coefficient (Wildman–Crippen LogP) is 3.11. The zero-order chi connectivity index (χ0) is 9.26. The Balaban J connectivity index is 0.000000980. The van der Waals surface area contributed by atoms with Crippen LogP contribution in [0.3, 0.4) is 0 Å². The molecule has 0 spiro atoms. The summed E-state index contributed by atoms with van der Waals surface area (Å²) in [5, 5.41) is 9.59. The van der Waals surface area contributed by atoms with Crippen LogP contribution < -0.4 is 0 Å². The van der Waals surface area contributed by atoms with Crippen LogP contribution in [0.15, 0.2) is 23.7 Å². The fourth-order valence-electron chi connectivity index (χ4n) is 0.984. The van der Waals surface area contributed by atoms with Crippen molar-refractivity contribution < 1.29 is 5.48 Å². The maximum absolute atomic E-state index is 5.98. The second kappa shape index (κ2) is 6.25. The number of hydrogen-bond acceptors (Lipinski definition) is 3. The van der Waals surface area contributed by atoms with Crippen molar-refractivity contribution in [1.82, 2.24) is 10.2 Å². The Morgan fingerprint density at radius 2 is 1.73 bits per heavy atom. The van der Waals surface area contributed by atoms with Crippen LogP contribution in [0, 0.1) is 0 Å². The first kappa shape index (κ1) is 14.6. The number of hydrogen-bond donors (Lipinski definition) is 0. The van der Waals surface area contributed by atoms with Gasteiger partial charge in [-0.15, -0.1) is 22.6 Å². The molecule has 0 bridgehead atoms. The van der Waals surface area contributed by atoms with E-state index in [1.165, 1.54) is 11.3 Å². The Morgan fingerprint density at radius 1 is 1.13 bits per heavy atom. The van der Waals surface area contributed by atoms with E-state index in [0.717, 1.165) is 10.6 Å². The summed E-state index contributed by atoms with van der Waals surface area (Å²) in [5.74, 6) is 0. The van der Waals surface area contributed by atoms with Gasteiger partial charge in [-0.1, -0.05) is 40.6 Å². The van der Waals surface area contributed by atoms with Gasteiger partial charge in [0.25, 0.3) is 0 Å². The van der Waals surface area contributed by atoms with E-state index in [9.17, 15) is 0 Å². The van der Waals surface area contributed by atoms with Crippen LogP contribution in [0.2, 0.25) is 10.0 Å². The lowest BCUT2D eigenvalue weighted by Gasteiger charge is -2.00. The molecule has 82 valence electrons. The van der Waals surface area contributed by atoms with Gasteiger partial charge in [-0.25, -0.2) is 0 Å². The highest BCUT2D eigenvalue weighted by Crippen LogP contribution is 2.34. The SMILES string of the molecule is Cl.Clc1cccc(Cl)c1-c1nncs1.O. The molecule has 3 nitrogen and oxygen atoms in total. The van der Waals surface area contributed by atoms with Gasteiger partial charge in [0.1, 0.15) is 5.51 Å². The van der Waals surface area contributed by atoms with Crippen molar-refractivity contribution in [3.8, 4) is 10.6 Å². The van der Waals surface area contributed by atoms with E-state index >= 15 is 0 Å². The van der Waals surface area contributed by atoms with Gasteiger partial charge < -0.3 is 5.48 Å². The van der Waals surface area contributed by atoms with Crippen molar-refractivity contribution in [2.45, 2.75) is 0 Å². The molecule has 1 aromatic carbocycles. The Kier molecular flexibility index (Phi) is 6.09. The van der Waals surface area contributed by atoms with Crippen LogP contribution in [0.1, 0.15) is 0 Å². The van der Waals surface area contributed by atoms with E-state index < -0.39 is 0 Å². The number of aromatic nitrogens is 2. The van der Waals surface area contributed by atoms with Crippen molar-refractivity contribution in [1.29, 1.82) is 0 Å². The van der Waals surface area contributed by atoms with Crippen molar-refractivity contribution in [3.05, 3.63) is 33.8 Å². The molecule has 2 rings (SSSR count). The van der Waals surface area contributed by atoms with Crippen molar-refractivity contribution >= 4 is 46.9 Å². The monoisotopic (exact) mass is 284 g/mol. The lowest BCUT2D eigenvalue weighted by Crippen LogP contribution is -1.80. The molecular weight excluding hydrogens is 279 g/mol. The second-order valence-corrected chi connectivity index (χ2v) is 3.99. The van der Waals surface area contributed by atoms with Gasteiger partial charge in [0.2, 0.25) is 0 Å². The van der Waals surface area contributed by atoms with E-state index in [0.29, 0.717) is 10.0 Å². The van der Waals surface area contributed by atoms with Gasteiger partial charge in [0.05, 0.1) is 10.0 Å². The van der Waals surface area contributed by atoms with Gasteiger partial charge in [-0.2, -0.15) is 0 Å². The number of rotatable bonds is 1. The maximum atomic E-state index is 5.98. The molecular formula is C8H7Cl3N2OS. The Morgan fingerprint density at radius 3 is 2.20 bits per heavy atom. The van der Waals surface area contributed by atoms with Gasteiger partial charge in [-0.05, 0) is 12.1 Å². The van der Waals surface area contributed by atoms with E-state index in [2.05, 4.69) is 10.2 Å². The molecule has 0 amide bonds. The van der Waals surface area contributed by atoms with Crippen LogP contribution in [-0.4, -0.2) is 15.7 Å². The smallest absolute Gasteiger partial charge is 0.150 e. The first-order valence-corrected chi connectivity index (χ1v) is 5.13. The molecule has 0 aliphatic carbocycles. The lowest BCUT2D eigenvalue weighted by atomic mass is 10.2. The minimum absolute atomic E-state index is 0. The number of halogens is 3. The lowest BCUT2D eigenvalue weighted by molar-refractivity contribution is 0.824. The highest BCUT2D eigenvalue weighted by atomic mass is 35.5. The molecule has 15 heavy (non-hydrogen) atoms. The molecule has 0 fully saturated rings. The molecule has 2 aromatic rings. The molecule has 0 atom stereocenters. The summed E-state index contributed by atoms with van der Waals surface area (Å²) >= 11 is 13.4. The quantitative estimate of drug-likeness (QED) is 0.808. The van der Waals surface area contributed by atoms with E-state index in [1.54, 1.807) is 23.7 Å². The summed E-state index contributed by atoms with van der Waals surface area (Å²) in [7, 11) is 0. The average Bonchev–Trinajstić information content (AvgIpc) is 2.57. The second-order valence-electron chi connectivity index (χ2n) is 2.34. The zero-order valence-electron chi connectivity index (χ0n) is 7.28. The number of benzene rings is 1. The van der Waals surface area contributed by atoms with Gasteiger partial charge >= 0.3 is 0 Å². The van der Waals surface area contributed by atoms with Gasteiger partial charge in [0, 0.05) is 5.56 Å². The first-order chi connectivity index (χ1) is 6.29. The summed E-state index contributed by atoms with van der Waals surface area (Å²) in [6.45, 7) is 0. The third-order valence-corrected chi connectivity index (χ3v) is 2.88. The summed E-state index contributed by atoms with van der Waals surface area (Å²) in [5.41, 5.74) is 2.41. The third-order valence-electron chi connectivity index (χ3n) is 1.54. The molecule has 0 aliphatic heterocycles. The van der Waals surface area contributed by atoms with E-state index in [4.69, 9.17) is 23.2 Å². The molecule has 7 heteroatoms. The first-order valence-electron chi connectivity index (χ1n) is 3.49. The van der Waals surface area contributed by atoms with Crippen LogP contribution in [0.5, 0.6) is 0 Å². The van der Waals surface area contributed by atoms with Crippen molar-refractivity contribution in [2.75, 3.05) is 0 Å². The highest BCUT2D eigenvalue weighted by molar-refractivity contribution is 7.12. The van der Waals surface area contributed by atoms with Crippen LogP contribution in [-0.2, 0) is 0 Å². The molecule has 0 aliphatic rings. The highest BCUT2D eigenvalue weighted by Gasteiger charge is 2.10. The third kappa shape index (κ3) is 3.03. The van der Waals surface area contributed by atoms with Crippen LogP contribution in [0.25, 0.3) is 10.6 Å². The summed E-state index contributed by atoms with van der Waals surface area (Å²) < 4.78 is 0. The molecule has 0 radical (unpaired) electrons. The molecule has 0 saturated carbocycles. The summed E-state index contributed by atoms with van der Waals surface area (Å²) in [4.78, 5) is 0. The summed E-state index contributed by atoms with van der Waals surface area (Å²) in [6.07, 6.45) is 0. The van der Waals surface area contributed by atoms with Crippen molar-refractivity contribution in [2.24, 2.45) is 0 Å². The molecule has 0 unspecified atom stereocenters. The van der Waals surface area contributed by atoms with Crippen LogP contribution in [0.4, 0.5) is 0 Å².